The third kappa shape index (κ3) is 2.54. The van der Waals surface area contributed by atoms with Crippen LogP contribution in [0.5, 0.6) is 0 Å². The molecule has 0 spiro atoms. The molecular formula is C15H17N3O4. The van der Waals surface area contributed by atoms with Crippen LogP contribution in [0.1, 0.15) is 31.2 Å². The Labute approximate surface area is 127 Å². The number of amides is 1. The van der Waals surface area contributed by atoms with Crippen molar-refractivity contribution in [1.82, 2.24) is 4.90 Å². The van der Waals surface area contributed by atoms with Crippen LogP contribution in [0.3, 0.4) is 0 Å². The van der Waals surface area contributed by atoms with Crippen molar-refractivity contribution in [3.8, 4) is 0 Å². The largest absolute Gasteiger partial charge is 0.382 e. The molecule has 1 aromatic carbocycles. The first-order valence-electron chi connectivity index (χ1n) is 7.31. The highest BCUT2D eigenvalue weighted by molar-refractivity contribution is 6.06. The number of nitrogens with zero attached hydrogens (tertiary/aromatic N) is 3. The van der Waals surface area contributed by atoms with Gasteiger partial charge in [-0.25, -0.2) is 0 Å². The summed E-state index contributed by atoms with van der Waals surface area (Å²) in [6, 6.07) is 6.65. The van der Waals surface area contributed by atoms with Crippen molar-refractivity contribution < 1.29 is 14.6 Å². The number of hydrogen-bond acceptors (Lipinski definition) is 5. The lowest BCUT2D eigenvalue weighted by Crippen LogP contribution is -2.46. The number of likely N-dealkylation sites (N-methyl/N-ethyl adjacent to an activating group) is 1. The molecule has 1 atom stereocenters. The highest BCUT2D eigenvalue weighted by Gasteiger charge is 2.36. The minimum Gasteiger partial charge on any atom is -0.382 e. The molecule has 1 aliphatic heterocycles. The van der Waals surface area contributed by atoms with E-state index in [2.05, 4.69) is 5.16 Å². The number of benzene rings is 1. The SMILES string of the molecule is CN(C(=O)C1CC(c2ccccc2[N+](=O)[O-])=NO1)C1CCC1. The maximum absolute atomic E-state index is 12.4. The van der Waals surface area contributed by atoms with Gasteiger partial charge in [-0.3, -0.25) is 14.9 Å². The average molecular weight is 303 g/mol. The van der Waals surface area contributed by atoms with Crippen LogP contribution in [0.2, 0.25) is 0 Å². The third-order valence-electron chi connectivity index (χ3n) is 4.33. The summed E-state index contributed by atoms with van der Waals surface area (Å²) >= 11 is 0. The lowest BCUT2D eigenvalue weighted by atomic mass is 9.91. The van der Waals surface area contributed by atoms with Gasteiger partial charge in [-0.05, 0) is 25.3 Å². The summed E-state index contributed by atoms with van der Waals surface area (Å²) < 4.78 is 0. The number of oxime groups is 1. The molecule has 116 valence electrons. The van der Waals surface area contributed by atoms with E-state index in [0.717, 1.165) is 19.3 Å². The zero-order chi connectivity index (χ0) is 15.7. The third-order valence-corrected chi connectivity index (χ3v) is 4.33. The van der Waals surface area contributed by atoms with Gasteiger partial charge in [0, 0.05) is 25.6 Å². The summed E-state index contributed by atoms with van der Waals surface area (Å²) in [6.07, 6.45) is 2.77. The number of rotatable bonds is 4. The second-order valence-corrected chi connectivity index (χ2v) is 5.64. The first-order valence-corrected chi connectivity index (χ1v) is 7.31. The van der Waals surface area contributed by atoms with Crippen LogP contribution < -0.4 is 0 Å². The molecule has 1 aliphatic carbocycles. The zero-order valence-corrected chi connectivity index (χ0v) is 12.3. The van der Waals surface area contributed by atoms with Crippen LogP contribution in [0.15, 0.2) is 29.4 Å². The zero-order valence-electron chi connectivity index (χ0n) is 12.3. The van der Waals surface area contributed by atoms with Gasteiger partial charge in [0.25, 0.3) is 11.6 Å². The van der Waals surface area contributed by atoms with E-state index >= 15 is 0 Å². The van der Waals surface area contributed by atoms with Gasteiger partial charge in [0.05, 0.1) is 16.2 Å². The molecule has 1 saturated carbocycles. The van der Waals surface area contributed by atoms with E-state index < -0.39 is 11.0 Å². The van der Waals surface area contributed by atoms with E-state index in [-0.39, 0.29) is 24.1 Å². The van der Waals surface area contributed by atoms with E-state index in [4.69, 9.17) is 4.84 Å². The molecule has 0 N–H and O–H groups in total. The number of carbonyl (C=O) groups is 1. The molecule has 1 aromatic rings. The summed E-state index contributed by atoms with van der Waals surface area (Å²) in [5.74, 6) is -0.109. The lowest BCUT2D eigenvalue weighted by molar-refractivity contribution is -0.385. The Morgan fingerprint density at radius 1 is 1.41 bits per heavy atom. The number of hydrogen-bond donors (Lipinski definition) is 0. The molecular weight excluding hydrogens is 286 g/mol. The summed E-state index contributed by atoms with van der Waals surface area (Å²) in [4.78, 5) is 29.9. The van der Waals surface area contributed by atoms with E-state index in [1.54, 1.807) is 30.1 Å². The van der Waals surface area contributed by atoms with Gasteiger partial charge >= 0.3 is 0 Å². The second-order valence-electron chi connectivity index (χ2n) is 5.64. The molecule has 1 fully saturated rings. The molecule has 3 rings (SSSR count). The van der Waals surface area contributed by atoms with Crippen molar-refractivity contribution >= 4 is 17.3 Å². The van der Waals surface area contributed by atoms with Crippen molar-refractivity contribution in [2.75, 3.05) is 7.05 Å². The molecule has 1 heterocycles. The molecule has 1 amide bonds. The quantitative estimate of drug-likeness (QED) is 0.629. The Bertz CT molecular complexity index is 639. The van der Waals surface area contributed by atoms with E-state index in [1.807, 2.05) is 0 Å². The van der Waals surface area contributed by atoms with Gasteiger partial charge < -0.3 is 9.74 Å². The smallest absolute Gasteiger partial charge is 0.278 e. The summed E-state index contributed by atoms with van der Waals surface area (Å²) in [5, 5.41) is 15.0. The van der Waals surface area contributed by atoms with Gasteiger partial charge in [-0.15, -0.1) is 0 Å². The van der Waals surface area contributed by atoms with Gasteiger partial charge in [0.1, 0.15) is 0 Å². The minimum atomic E-state index is -0.680. The van der Waals surface area contributed by atoms with Gasteiger partial charge in [0.2, 0.25) is 6.10 Å². The predicted molar refractivity (Wildman–Crippen MR) is 79.5 cm³/mol. The normalized spacial score (nSPS) is 20.8. The Morgan fingerprint density at radius 2 is 2.14 bits per heavy atom. The Kier molecular flexibility index (Phi) is 3.79. The monoisotopic (exact) mass is 303 g/mol. The number of carbonyl (C=O) groups excluding carboxylic acids is 1. The molecule has 0 saturated heterocycles. The van der Waals surface area contributed by atoms with Crippen molar-refractivity contribution in [1.29, 1.82) is 0 Å². The molecule has 7 heteroatoms. The van der Waals surface area contributed by atoms with Crippen molar-refractivity contribution in [3.05, 3.63) is 39.9 Å². The molecule has 0 radical (unpaired) electrons. The second kappa shape index (κ2) is 5.75. The highest BCUT2D eigenvalue weighted by atomic mass is 16.6. The average Bonchev–Trinajstić information content (AvgIpc) is 2.94. The maximum Gasteiger partial charge on any atom is 0.278 e. The fourth-order valence-electron chi connectivity index (χ4n) is 2.73. The number of nitro benzene ring substituents is 1. The summed E-state index contributed by atoms with van der Waals surface area (Å²) in [7, 11) is 1.78. The van der Waals surface area contributed by atoms with Crippen molar-refractivity contribution in [3.63, 3.8) is 0 Å². The lowest BCUT2D eigenvalue weighted by Gasteiger charge is -2.35. The van der Waals surface area contributed by atoms with E-state index in [1.165, 1.54) is 6.07 Å². The first kappa shape index (κ1) is 14.5. The fraction of sp³-hybridized carbons (Fsp3) is 0.467. The Balaban J connectivity index is 1.72. The van der Waals surface area contributed by atoms with Crippen LogP contribution in [0.4, 0.5) is 5.69 Å². The molecule has 22 heavy (non-hydrogen) atoms. The fourth-order valence-corrected chi connectivity index (χ4v) is 2.73. The minimum absolute atomic E-state index is 0.0229. The van der Waals surface area contributed by atoms with Gasteiger partial charge in [-0.2, -0.15) is 0 Å². The summed E-state index contributed by atoms with van der Waals surface area (Å²) in [6.45, 7) is 0. The standard InChI is InChI=1S/C15H17N3O4/c1-17(10-5-4-6-10)15(19)14-9-12(16-22-14)11-7-2-3-8-13(11)18(20)21/h2-3,7-8,10,14H,4-6,9H2,1H3. The molecule has 7 nitrogen and oxygen atoms in total. The molecule has 1 unspecified atom stereocenters. The summed E-state index contributed by atoms with van der Waals surface area (Å²) in [5.41, 5.74) is 0.840. The number of nitro groups is 1. The van der Waals surface area contributed by atoms with Crippen LogP contribution in [-0.4, -0.2) is 40.6 Å². The number of para-hydroxylation sites is 1. The highest BCUT2D eigenvalue weighted by Crippen LogP contribution is 2.28. The van der Waals surface area contributed by atoms with Crippen LogP contribution in [0, 0.1) is 10.1 Å². The van der Waals surface area contributed by atoms with Crippen LogP contribution in [0.25, 0.3) is 0 Å². The van der Waals surface area contributed by atoms with Crippen LogP contribution in [-0.2, 0) is 9.63 Å². The van der Waals surface area contributed by atoms with E-state index in [9.17, 15) is 14.9 Å². The van der Waals surface area contributed by atoms with Gasteiger partial charge in [-0.1, -0.05) is 17.3 Å². The Hall–Kier alpha value is -2.44. The van der Waals surface area contributed by atoms with Gasteiger partial charge in [0.15, 0.2) is 0 Å². The topological polar surface area (TPSA) is 85.0 Å². The first-order chi connectivity index (χ1) is 10.6. The van der Waals surface area contributed by atoms with Crippen molar-refractivity contribution in [2.45, 2.75) is 37.8 Å². The molecule has 0 aromatic heterocycles. The Morgan fingerprint density at radius 3 is 2.77 bits per heavy atom. The molecule has 0 bridgehead atoms. The van der Waals surface area contributed by atoms with E-state index in [0.29, 0.717) is 11.3 Å². The van der Waals surface area contributed by atoms with Crippen LogP contribution >= 0.6 is 0 Å². The van der Waals surface area contributed by atoms with Crippen molar-refractivity contribution in [2.24, 2.45) is 5.16 Å². The molecule has 2 aliphatic rings. The predicted octanol–water partition coefficient (Wildman–Crippen LogP) is 2.10. The maximum atomic E-state index is 12.4.